The van der Waals surface area contributed by atoms with Gasteiger partial charge in [0.2, 0.25) is 5.91 Å². The molecule has 1 aliphatic rings. The van der Waals surface area contributed by atoms with Crippen molar-refractivity contribution in [3.8, 4) is 5.75 Å². The molecular weight excluding hydrogens is 380 g/mol. The third-order valence-corrected chi connectivity index (χ3v) is 4.88. The molecule has 7 nitrogen and oxygen atoms in total. The summed E-state index contributed by atoms with van der Waals surface area (Å²) in [5, 5.41) is 6.57. The highest BCUT2D eigenvalue weighted by Crippen LogP contribution is 2.20. The van der Waals surface area contributed by atoms with E-state index in [-0.39, 0.29) is 18.6 Å². The molecule has 0 radical (unpaired) electrons. The third-order valence-electron chi connectivity index (χ3n) is 4.88. The van der Waals surface area contributed by atoms with Crippen LogP contribution in [0.25, 0.3) is 0 Å². The van der Waals surface area contributed by atoms with Gasteiger partial charge in [0.1, 0.15) is 12.3 Å². The molecule has 7 heteroatoms. The molecule has 0 aromatic heterocycles. The number of anilines is 1. The summed E-state index contributed by atoms with van der Waals surface area (Å²) in [7, 11) is 3.46. The lowest BCUT2D eigenvalue weighted by atomic mass is 9.98. The molecule has 1 aromatic carbocycles. The van der Waals surface area contributed by atoms with Gasteiger partial charge in [0.25, 0.3) is 0 Å². The SMILES string of the molecule is CC(C)Oc1ccc(NC(=NCC(=O)N(C)C)NCCCOC2CCCCC2)cc1. The number of aliphatic imine (C=N–C) groups is 1. The predicted molar refractivity (Wildman–Crippen MR) is 122 cm³/mol. The summed E-state index contributed by atoms with van der Waals surface area (Å²) < 4.78 is 11.7. The minimum absolute atomic E-state index is 0.0441. The molecule has 2 rings (SSSR count). The molecule has 0 saturated heterocycles. The molecule has 0 bridgehead atoms. The maximum Gasteiger partial charge on any atom is 0.243 e. The summed E-state index contributed by atoms with van der Waals surface area (Å²) in [5.74, 6) is 1.36. The Morgan fingerprint density at radius 3 is 2.50 bits per heavy atom. The second kappa shape index (κ2) is 13.1. The van der Waals surface area contributed by atoms with E-state index in [4.69, 9.17) is 9.47 Å². The first-order chi connectivity index (χ1) is 14.4. The fourth-order valence-electron chi connectivity index (χ4n) is 3.21. The fourth-order valence-corrected chi connectivity index (χ4v) is 3.21. The van der Waals surface area contributed by atoms with Crippen molar-refractivity contribution in [2.24, 2.45) is 4.99 Å². The normalized spacial score (nSPS) is 15.2. The summed E-state index contributed by atoms with van der Waals surface area (Å²) in [6.07, 6.45) is 7.72. The van der Waals surface area contributed by atoms with E-state index in [1.165, 1.54) is 37.0 Å². The molecule has 1 aliphatic carbocycles. The first-order valence-corrected chi connectivity index (χ1v) is 11.1. The number of ether oxygens (including phenoxy) is 2. The predicted octanol–water partition coefficient (Wildman–Crippen LogP) is 3.66. The average molecular weight is 419 g/mol. The largest absolute Gasteiger partial charge is 0.491 e. The standard InChI is InChI=1S/C23H38N4O3/c1-18(2)30-21-13-11-19(12-14-21)26-23(25-17-22(28)27(3)4)24-15-8-16-29-20-9-6-5-7-10-20/h11-14,18,20H,5-10,15-17H2,1-4H3,(H2,24,25,26). The van der Waals surface area contributed by atoms with E-state index in [1.54, 1.807) is 14.1 Å². The van der Waals surface area contributed by atoms with Crippen molar-refractivity contribution in [1.82, 2.24) is 10.2 Å². The smallest absolute Gasteiger partial charge is 0.243 e. The average Bonchev–Trinajstić information content (AvgIpc) is 2.73. The van der Waals surface area contributed by atoms with Crippen LogP contribution in [-0.4, -0.2) is 62.8 Å². The van der Waals surface area contributed by atoms with Crippen LogP contribution >= 0.6 is 0 Å². The summed E-state index contributed by atoms with van der Waals surface area (Å²) in [4.78, 5) is 17.9. The fraction of sp³-hybridized carbons (Fsp3) is 0.652. The van der Waals surface area contributed by atoms with Crippen LogP contribution in [0.5, 0.6) is 5.75 Å². The summed E-state index contributed by atoms with van der Waals surface area (Å²) in [6, 6.07) is 7.72. The molecule has 2 N–H and O–H groups in total. The number of amides is 1. The maximum absolute atomic E-state index is 11.9. The number of carbonyl (C=O) groups excluding carboxylic acids is 1. The Kier molecular flexibility index (Phi) is 10.5. The van der Waals surface area contributed by atoms with E-state index in [0.717, 1.165) is 31.0 Å². The Hall–Kier alpha value is -2.28. The molecule has 0 spiro atoms. The number of hydrogen-bond acceptors (Lipinski definition) is 4. The zero-order chi connectivity index (χ0) is 21.8. The minimum atomic E-state index is -0.0441. The number of likely N-dealkylation sites (N-methyl/N-ethyl adjacent to an activating group) is 1. The van der Waals surface area contributed by atoms with Crippen LogP contribution in [0.3, 0.4) is 0 Å². The van der Waals surface area contributed by atoms with Gasteiger partial charge in [-0.05, 0) is 57.4 Å². The Morgan fingerprint density at radius 1 is 1.17 bits per heavy atom. The van der Waals surface area contributed by atoms with Gasteiger partial charge in [-0.3, -0.25) is 4.79 Å². The van der Waals surface area contributed by atoms with Crippen LogP contribution in [0.15, 0.2) is 29.3 Å². The van der Waals surface area contributed by atoms with Crippen molar-refractivity contribution in [3.05, 3.63) is 24.3 Å². The van der Waals surface area contributed by atoms with E-state index < -0.39 is 0 Å². The van der Waals surface area contributed by atoms with Crippen LogP contribution < -0.4 is 15.4 Å². The Balaban J connectivity index is 1.84. The van der Waals surface area contributed by atoms with Crippen molar-refractivity contribution in [2.75, 3.05) is 39.1 Å². The number of benzene rings is 1. The zero-order valence-corrected chi connectivity index (χ0v) is 18.9. The Bertz CT molecular complexity index is 653. The zero-order valence-electron chi connectivity index (χ0n) is 18.9. The van der Waals surface area contributed by atoms with E-state index in [9.17, 15) is 4.79 Å². The van der Waals surface area contributed by atoms with Gasteiger partial charge in [0.15, 0.2) is 5.96 Å². The molecule has 0 aliphatic heterocycles. The Labute approximate surface area is 181 Å². The minimum Gasteiger partial charge on any atom is -0.491 e. The lowest BCUT2D eigenvalue weighted by molar-refractivity contribution is -0.127. The lowest BCUT2D eigenvalue weighted by Gasteiger charge is -2.22. The van der Waals surface area contributed by atoms with Gasteiger partial charge in [-0.25, -0.2) is 4.99 Å². The van der Waals surface area contributed by atoms with Crippen LogP contribution in [-0.2, 0) is 9.53 Å². The lowest BCUT2D eigenvalue weighted by Crippen LogP contribution is -2.34. The first-order valence-electron chi connectivity index (χ1n) is 11.1. The van der Waals surface area contributed by atoms with Crippen LogP contribution in [0, 0.1) is 0 Å². The van der Waals surface area contributed by atoms with Crippen molar-refractivity contribution >= 4 is 17.6 Å². The van der Waals surface area contributed by atoms with E-state index in [2.05, 4.69) is 15.6 Å². The molecule has 168 valence electrons. The molecule has 0 heterocycles. The number of rotatable bonds is 10. The molecule has 1 saturated carbocycles. The highest BCUT2D eigenvalue weighted by atomic mass is 16.5. The van der Waals surface area contributed by atoms with Gasteiger partial charge in [0, 0.05) is 32.9 Å². The summed E-state index contributed by atoms with van der Waals surface area (Å²) in [5.41, 5.74) is 0.883. The third kappa shape index (κ3) is 9.48. The van der Waals surface area contributed by atoms with Gasteiger partial charge in [-0.1, -0.05) is 19.3 Å². The molecule has 0 atom stereocenters. The molecule has 30 heavy (non-hydrogen) atoms. The highest BCUT2D eigenvalue weighted by molar-refractivity contribution is 5.95. The Morgan fingerprint density at radius 2 is 1.87 bits per heavy atom. The molecule has 0 unspecified atom stereocenters. The molecular formula is C23H38N4O3. The van der Waals surface area contributed by atoms with Gasteiger partial charge in [-0.2, -0.15) is 0 Å². The van der Waals surface area contributed by atoms with Crippen molar-refractivity contribution in [1.29, 1.82) is 0 Å². The molecule has 1 aromatic rings. The van der Waals surface area contributed by atoms with E-state index in [0.29, 0.717) is 12.1 Å². The summed E-state index contributed by atoms with van der Waals surface area (Å²) in [6.45, 7) is 5.56. The van der Waals surface area contributed by atoms with Gasteiger partial charge in [0.05, 0.1) is 12.2 Å². The van der Waals surface area contributed by atoms with Gasteiger partial charge >= 0.3 is 0 Å². The monoisotopic (exact) mass is 418 g/mol. The number of hydrogen-bond donors (Lipinski definition) is 2. The van der Waals surface area contributed by atoms with Gasteiger partial charge in [-0.15, -0.1) is 0 Å². The molecule has 1 fully saturated rings. The number of carbonyl (C=O) groups is 1. The molecule has 1 amide bonds. The van der Waals surface area contributed by atoms with Crippen molar-refractivity contribution in [2.45, 2.75) is 64.6 Å². The van der Waals surface area contributed by atoms with Crippen LogP contribution in [0.1, 0.15) is 52.4 Å². The van der Waals surface area contributed by atoms with E-state index in [1.807, 2.05) is 38.1 Å². The first kappa shape index (κ1) is 24.0. The van der Waals surface area contributed by atoms with Crippen molar-refractivity contribution < 1.29 is 14.3 Å². The number of nitrogens with zero attached hydrogens (tertiary/aromatic N) is 2. The maximum atomic E-state index is 11.9. The number of guanidine groups is 1. The van der Waals surface area contributed by atoms with Gasteiger partial charge < -0.3 is 25.0 Å². The highest BCUT2D eigenvalue weighted by Gasteiger charge is 2.13. The second-order valence-electron chi connectivity index (χ2n) is 8.18. The van der Waals surface area contributed by atoms with Crippen LogP contribution in [0.2, 0.25) is 0 Å². The number of nitrogens with one attached hydrogen (secondary N) is 2. The van der Waals surface area contributed by atoms with Crippen molar-refractivity contribution in [3.63, 3.8) is 0 Å². The second-order valence-corrected chi connectivity index (χ2v) is 8.18. The van der Waals surface area contributed by atoms with Crippen LogP contribution in [0.4, 0.5) is 5.69 Å². The van der Waals surface area contributed by atoms with E-state index >= 15 is 0 Å². The summed E-state index contributed by atoms with van der Waals surface area (Å²) >= 11 is 0. The topological polar surface area (TPSA) is 75.2 Å². The quantitative estimate of drug-likeness (QED) is 0.345.